The van der Waals surface area contributed by atoms with Crippen molar-refractivity contribution in [2.24, 2.45) is 5.92 Å². The Morgan fingerprint density at radius 2 is 1.82 bits per heavy atom. The second-order valence-corrected chi connectivity index (χ2v) is 6.74. The van der Waals surface area contributed by atoms with Crippen molar-refractivity contribution in [1.29, 1.82) is 0 Å². The van der Waals surface area contributed by atoms with Crippen LogP contribution in [0.4, 0.5) is 0 Å². The predicted octanol–water partition coefficient (Wildman–Crippen LogP) is 5.45. The highest BCUT2D eigenvalue weighted by Gasteiger charge is 2.16. The molecular formula is C19H29O3. The molecule has 0 saturated carbocycles. The average Bonchev–Trinajstić information content (AvgIpc) is 2.49. The van der Waals surface area contributed by atoms with Crippen LogP contribution >= 0.6 is 0 Å². The zero-order valence-electron chi connectivity index (χ0n) is 14.5. The summed E-state index contributed by atoms with van der Waals surface area (Å²) >= 11 is 0. The minimum absolute atomic E-state index is 0.0698. The minimum Gasteiger partial charge on any atom is -0.292 e. The summed E-state index contributed by atoms with van der Waals surface area (Å²) in [6.45, 7) is 12.3. The lowest BCUT2D eigenvalue weighted by Crippen LogP contribution is -2.12. The van der Waals surface area contributed by atoms with Gasteiger partial charge in [-0.3, -0.25) is 4.89 Å². The molecule has 0 aliphatic heterocycles. The van der Waals surface area contributed by atoms with Gasteiger partial charge in [0.15, 0.2) is 0 Å². The summed E-state index contributed by atoms with van der Waals surface area (Å²) in [6.07, 6.45) is 4.35. The number of benzene rings is 1. The van der Waals surface area contributed by atoms with E-state index in [4.69, 9.17) is 9.78 Å². The second-order valence-electron chi connectivity index (χ2n) is 6.74. The third-order valence-electron chi connectivity index (χ3n) is 3.81. The molecule has 1 rings (SSSR count). The topological polar surface area (TPSA) is 35.5 Å². The molecule has 0 N–H and O–H groups in total. The fraction of sp³-hybridized carbons (Fsp3) is 0.579. The van der Waals surface area contributed by atoms with Crippen LogP contribution in [-0.4, -0.2) is 5.97 Å². The van der Waals surface area contributed by atoms with Crippen molar-refractivity contribution in [3.05, 3.63) is 42.0 Å². The lowest BCUT2D eigenvalue weighted by molar-refractivity contribution is -0.219. The summed E-state index contributed by atoms with van der Waals surface area (Å²) in [5.74, 6) is -0.127. The van der Waals surface area contributed by atoms with E-state index in [1.165, 1.54) is 5.56 Å². The predicted molar refractivity (Wildman–Crippen MR) is 89.2 cm³/mol. The van der Waals surface area contributed by atoms with E-state index in [0.29, 0.717) is 11.5 Å². The zero-order chi connectivity index (χ0) is 16.6. The summed E-state index contributed by atoms with van der Waals surface area (Å²) in [6, 6.07) is 7.47. The highest BCUT2D eigenvalue weighted by atomic mass is 17.2. The van der Waals surface area contributed by atoms with Crippen molar-refractivity contribution >= 4 is 5.97 Å². The third kappa shape index (κ3) is 6.18. The fourth-order valence-corrected chi connectivity index (χ4v) is 2.14. The first-order valence-corrected chi connectivity index (χ1v) is 8.20. The van der Waals surface area contributed by atoms with Gasteiger partial charge in [-0.15, -0.1) is 0 Å². The Kier molecular flexibility index (Phi) is 7.60. The van der Waals surface area contributed by atoms with Crippen LogP contribution < -0.4 is 0 Å². The Morgan fingerprint density at radius 1 is 1.18 bits per heavy atom. The smallest absolute Gasteiger partial charge is 0.292 e. The second kappa shape index (κ2) is 8.94. The summed E-state index contributed by atoms with van der Waals surface area (Å²) in [5.41, 5.74) is 1.76. The average molecular weight is 305 g/mol. The van der Waals surface area contributed by atoms with Gasteiger partial charge in [0.05, 0.1) is 5.56 Å². The summed E-state index contributed by atoms with van der Waals surface area (Å²) in [4.78, 5) is 21.8. The van der Waals surface area contributed by atoms with Crippen LogP contribution in [0.3, 0.4) is 0 Å². The monoisotopic (exact) mass is 305 g/mol. The van der Waals surface area contributed by atoms with Crippen molar-refractivity contribution < 1.29 is 14.6 Å². The maximum Gasteiger partial charge on any atom is 0.373 e. The molecule has 0 aliphatic carbocycles. The Hall–Kier alpha value is -1.35. The Bertz CT molecular complexity index is 443. The molecule has 1 aromatic rings. The van der Waals surface area contributed by atoms with Crippen molar-refractivity contribution in [2.45, 2.75) is 65.7 Å². The lowest BCUT2D eigenvalue weighted by Gasteiger charge is -2.18. The molecule has 3 nitrogen and oxygen atoms in total. The molecule has 0 heterocycles. The quantitative estimate of drug-likeness (QED) is 0.473. The van der Waals surface area contributed by atoms with E-state index in [9.17, 15) is 4.79 Å². The maximum atomic E-state index is 11.9. The molecule has 1 unspecified atom stereocenters. The molecule has 0 bridgehead atoms. The largest absolute Gasteiger partial charge is 0.373 e. The van der Waals surface area contributed by atoms with Crippen molar-refractivity contribution in [2.75, 3.05) is 0 Å². The molecule has 0 spiro atoms. The molecule has 3 heteroatoms. The van der Waals surface area contributed by atoms with Crippen LogP contribution in [0.2, 0.25) is 0 Å². The van der Waals surface area contributed by atoms with Gasteiger partial charge in [-0.05, 0) is 35.4 Å². The van der Waals surface area contributed by atoms with Crippen LogP contribution in [-0.2, 0) is 15.2 Å². The fourth-order valence-electron chi connectivity index (χ4n) is 2.14. The SMILES string of the molecule is CCCCC([CH]OOC(=O)c1ccc(C(C)(C)C)cc1)CC. The Balaban J connectivity index is 2.45. The van der Waals surface area contributed by atoms with Gasteiger partial charge < -0.3 is 0 Å². The van der Waals surface area contributed by atoms with E-state index < -0.39 is 5.97 Å². The van der Waals surface area contributed by atoms with E-state index in [1.54, 1.807) is 18.7 Å². The van der Waals surface area contributed by atoms with Crippen LogP contribution in [0.1, 0.15) is 76.2 Å². The number of carbonyl (C=O) groups excluding carboxylic acids is 1. The zero-order valence-corrected chi connectivity index (χ0v) is 14.5. The highest BCUT2D eigenvalue weighted by molar-refractivity contribution is 5.88. The summed E-state index contributed by atoms with van der Waals surface area (Å²) in [5, 5.41) is 0. The molecule has 0 fully saturated rings. The molecule has 0 aliphatic rings. The Morgan fingerprint density at radius 3 is 2.32 bits per heavy atom. The van der Waals surface area contributed by atoms with Crippen molar-refractivity contribution in [1.82, 2.24) is 0 Å². The van der Waals surface area contributed by atoms with Gasteiger partial charge in [0.2, 0.25) is 0 Å². The number of hydrogen-bond acceptors (Lipinski definition) is 3. The van der Waals surface area contributed by atoms with Gasteiger partial charge >= 0.3 is 5.97 Å². The number of unbranched alkanes of at least 4 members (excludes halogenated alkanes) is 1. The van der Waals surface area contributed by atoms with Crippen LogP contribution in [0.5, 0.6) is 0 Å². The molecule has 1 radical (unpaired) electrons. The maximum absolute atomic E-state index is 11.9. The van der Waals surface area contributed by atoms with Crippen molar-refractivity contribution in [3.63, 3.8) is 0 Å². The molecule has 123 valence electrons. The third-order valence-corrected chi connectivity index (χ3v) is 3.81. The van der Waals surface area contributed by atoms with E-state index in [-0.39, 0.29) is 5.41 Å². The molecular weight excluding hydrogens is 276 g/mol. The van der Waals surface area contributed by atoms with Gasteiger partial charge in [0.25, 0.3) is 0 Å². The number of carbonyl (C=O) groups is 1. The lowest BCUT2D eigenvalue weighted by atomic mass is 9.87. The molecule has 0 aromatic heterocycles. The Labute approximate surface area is 134 Å². The van der Waals surface area contributed by atoms with Gasteiger partial charge in [-0.25, -0.2) is 4.79 Å². The molecule has 0 amide bonds. The highest BCUT2D eigenvalue weighted by Crippen LogP contribution is 2.22. The van der Waals surface area contributed by atoms with E-state index in [1.807, 2.05) is 12.1 Å². The van der Waals surface area contributed by atoms with Crippen LogP contribution in [0, 0.1) is 12.5 Å². The number of rotatable bonds is 8. The van der Waals surface area contributed by atoms with Crippen molar-refractivity contribution in [3.8, 4) is 0 Å². The van der Waals surface area contributed by atoms with Gasteiger partial charge in [0.1, 0.15) is 6.61 Å². The summed E-state index contributed by atoms with van der Waals surface area (Å²) in [7, 11) is 0. The van der Waals surface area contributed by atoms with Gasteiger partial charge in [-0.2, -0.15) is 4.89 Å². The van der Waals surface area contributed by atoms with E-state index in [0.717, 1.165) is 25.7 Å². The van der Waals surface area contributed by atoms with Gasteiger partial charge in [0, 0.05) is 0 Å². The first-order valence-electron chi connectivity index (χ1n) is 8.20. The number of hydrogen-bond donors (Lipinski definition) is 0. The van der Waals surface area contributed by atoms with E-state index >= 15 is 0 Å². The molecule has 1 atom stereocenters. The normalized spacial score (nSPS) is 13.0. The summed E-state index contributed by atoms with van der Waals surface area (Å²) < 4.78 is 0. The van der Waals surface area contributed by atoms with E-state index in [2.05, 4.69) is 34.6 Å². The van der Waals surface area contributed by atoms with Gasteiger partial charge in [-0.1, -0.05) is 66.0 Å². The van der Waals surface area contributed by atoms with Crippen LogP contribution in [0.15, 0.2) is 24.3 Å². The first kappa shape index (κ1) is 18.7. The minimum atomic E-state index is -0.456. The standard InChI is InChI=1S/C19H29O3/c1-6-8-9-15(7-2)14-21-22-18(20)16-10-12-17(13-11-16)19(3,4)5/h10-15H,6-9H2,1-5H3. The molecule has 1 aromatic carbocycles. The van der Waals surface area contributed by atoms with Crippen LogP contribution in [0.25, 0.3) is 0 Å². The first-order chi connectivity index (χ1) is 10.4. The molecule has 0 saturated heterocycles. The molecule has 22 heavy (non-hydrogen) atoms.